The second kappa shape index (κ2) is 8.39. The molecule has 2 aliphatic heterocycles. The quantitative estimate of drug-likeness (QED) is 0.794. The number of amides is 2. The molecule has 1 saturated heterocycles. The zero-order valence-electron chi connectivity index (χ0n) is 15.6. The number of benzene rings is 1. The number of carbonyl (C=O) groups is 2. The summed E-state index contributed by atoms with van der Waals surface area (Å²) >= 11 is 0. The lowest BCUT2D eigenvalue weighted by atomic mass is 10.1. The van der Waals surface area contributed by atoms with Crippen molar-refractivity contribution in [3.8, 4) is 5.75 Å². The van der Waals surface area contributed by atoms with Crippen LogP contribution in [0.25, 0.3) is 0 Å². The summed E-state index contributed by atoms with van der Waals surface area (Å²) < 4.78 is 11.2. The maximum atomic E-state index is 13.1. The third kappa shape index (κ3) is 3.84. The summed E-state index contributed by atoms with van der Waals surface area (Å²) in [4.78, 5) is 33.3. The number of hydrogen-bond donors (Lipinski definition) is 0. The minimum Gasteiger partial charge on any atom is -0.472 e. The van der Waals surface area contributed by atoms with E-state index < -0.39 is 6.10 Å². The molecule has 3 heterocycles. The van der Waals surface area contributed by atoms with Crippen LogP contribution in [0.4, 0.5) is 5.82 Å². The molecule has 4 rings (SSSR count). The molecule has 1 aromatic carbocycles. The fourth-order valence-electron chi connectivity index (χ4n) is 3.51. The van der Waals surface area contributed by atoms with E-state index in [2.05, 4.69) is 4.98 Å². The van der Waals surface area contributed by atoms with E-state index in [0.717, 1.165) is 5.56 Å². The van der Waals surface area contributed by atoms with Gasteiger partial charge < -0.3 is 14.4 Å². The van der Waals surface area contributed by atoms with E-state index >= 15 is 0 Å². The van der Waals surface area contributed by atoms with Gasteiger partial charge in [-0.1, -0.05) is 30.3 Å². The van der Waals surface area contributed by atoms with Crippen molar-refractivity contribution in [3.05, 3.63) is 54.2 Å². The lowest BCUT2D eigenvalue weighted by Crippen LogP contribution is -2.43. The lowest BCUT2D eigenvalue weighted by molar-refractivity contribution is -0.135. The summed E-state index contributed by atoms with van der Waals surface area (Å²) in [5.74, 6) is 1.04. The molecule has 2 aromatic rings. The van der Waals surface area contributed by atoms with Crippen molar-refractivity contribution >= 4 is 17.6 Å². The van der Waals surface area contributed by atoms with Gasteiger partial charge in [0, 0.05) is 37.8 Å². The van der Waals surface area contributed by atoms with Crippen molar-refractivity contribution in [1.29, 1.82) is 0 Å². The Hall–Kier alpha value is -2.93. The molecule has 0 N–H and O–H groups in total. The molecular weight excluding hydrogens is 358 g/mol. The number of morpholine rings is 1. The first-order valence-corrected chi connectivity index (χ1v) is 9.57. The van der Waals surface area contributed by atoms with Gasteiger partial charge in [-0.05, 0) is 18.6 Å². The smallest absolute Gasteiger partial charge is 0.274 e. The van der Waals surface area contributed by atoms with Crippen LogP contribution < -0.4 is 9.64 Å². The van der Waals surface area contributed by atoms with Crippen molar-refractivity contribution < 1.29 is 19.1 Å². The van der Waals surface area contributed by atoms with Crippen molar-refractivity contribution in [2.24, 2.45) is 0 Å². The Balaban J connectivity index is 1.46. The average molecular weight is 381 g/mol. The number of nitrogens with zero attached hydrogens (tertiary/aromatic N) is 3. The van der Waals surface area contributed by atoms with Gasteiger partial charge in [-0.3, -0.25) is 14.5 Å². The van der Waals surface area contributed by atoms with Crippen molar-refractivity contribution in [2.75, 3.05) is 37.7 Å². The molecule has 0 spiro atoms. The van der Waals surface area contributed by atoms with Crippen LogP contribution in [-0.4, -0.2) is 54.5 Å². The van der Waals surface area contributed by atoms with E-state index in [9.17, 15) is 9.59 Å². The molecule has 7 nitrogen and oxygen atoms in total. The van der Waals surface area contributed by atoms with Crippen LogP contribution >= 0.6 is 0 Å². The Labute approximate surface area is 163 Å². The summed E-state index contributed by atoms with van der Waals surface area (Å²) in [6, 6.07) is 13.0. The first-order valence-electron chi connectivity index (χ1n) is 9.57. The maximum Gasteiger partial charge on any atom is 0.274 e. The summed E-state index contributed by atoms with van der Waals surface area (Å²) in [6.07, 6.45) is 1.90. The highest BCUT2D eigenvalue weighted by molar-refractivity contribution is 5.99. The topological polar surface area (TPSA) is 72.0 Å². The third-order valence-electron chi connectivity index (χ3n) is 4.98. The van der Waals surface area contributed by atoms with E-state index in [1.165, 1.54) is 0 Å². The zero-order valence-corrected chi connectivity index (χ0v) is 15.6. The third-order valence-corrected chi connectivity index (χ3v) is 4.98. The van der Waals surface area contributed by atoms with Crippen LogP contribution in [0.2, 0.25) is 0 Å². The Morgan fingerprint density at radius 3 is 2.68 bits per heavy atom. The Kier molecular flexibility index (Phi) is 5.53. The SMILES string of the molecule is O=C(CCCN1C(=O)C(c2ccccc2)Oc2cccnc21)N1CCOCC1. The van der Waals surface area contributed by atoms with Crippen LogP contribution in [0.15, 0.2) is 48.7 Å². The highest BCUT2D eigenvalue weighted by Crippen LogP contribution is 2.37. The number of fused-ring (bicyclic) bond motifs is 1. The van der Waals surface area contributed by atoms with Gasteiger partial charge >= 0.3 is 0 Å². The fraction of sp³-hybridized carbons (Fsp3) is 0.381. The highest BCUT2D eigenvalue weighted by Gasteiger charge is 2.36. The Morgan fingerprint density at radius 2 is 1.89 bits per heavy atom. The van der Waals surface area contributed by atoms with E-state index in [4.69, 9.17) is 9.47 Å². The number of pyridine rings is 1. The first kappa shape index (κ1) is 18.4. The lowest BCUT2D eigenvalue weighted by Gasteiger charge is -2.33. The van der Waals surface area contributed by atoms with Gasteiger partial charge in [-0.15, -0.1) is 0 Å². The normalized spacial score (nSPS) is 19.1. The molecule has 1 unspecified atom stereocenters. The minimum absolute atomic E-state index is 0.102. The molecule has 28 heavy (non-hydrogen) atoms. The van der Waals surface area contributed by atoms with Crippen LogP contribution in [0.5, 0.6) is 5.75 Å². The van der Waals surface area contributed by atoms with Crippen LogP contribution in [0.3, 0.4) is 0 Å². The number of anilines is 1. The standard InChI is InChI=1S/C21H23N3O4/c25-18(23-12-14-27-15-13-23)9-5-11-24-20-17(8-4-10-22-20)28-19(21(24)26)16-6-2-1-3-7-16/h1-4,6-8,10,19H,5,9,11-15H2. The summed E-state index contributed by atoms with van der Waals surface area (Å²) in [6.45, 7) is 2.87. The number of rotatable bonds is 5. The van der Waals surface area contributed by atoms with Gasteiger partial charge in [0.15, 0.2) is 11.6 Å². The molecule has 2 amide bonds. The fourth-order valence-corrected chi connectivity index (χ4v) is 3.51. The molecule has 0 bridgehead atoms. The Morgan fingerprint density at radius 1 is 1.11 bits per heavy atom. The maximum absolute atomic E-state index is 13.1. The van der Waals surface area contributed by atoms with Crippen molar-refractivity contribution in [3.63, 3.8) is 0 Å². The van der Waals surface area contributed by atoms with Gasteiger partial charge in [0.1, 0.15) is 0 Å². The molecule has 2 aliphatic rings. The van der Waals surface area contributed by atoms with Crippen LogP contribution in [-0.2, 0) is 14.3 Å². The molecule has 7 heteroatoms. The first-order chi connectivity index (χ1) is 13.7. The average Bonchev–Trinajstić information content (AvgIpc) is 2.76. The predicted molar refractivity (Wildman–Crippen MR) is 103 cm³/mol. The van der Waals surface area contributed by atoms with Gasteiger partial charge in [-0.2, -0.15) is 0 Å². The number of ether oxygens (including phenoxy) is 2. The largest absolute Gasteiger partial charge is 0.472 e. The minimum atomic E-state index is -0.701. The zero-order chi connectivity index (χ0) is 19.3. The Bertz CT molecular complexity index is 837. The van der Waals surface area contributed by atoms with Crippen molar-refractivity contribution in [2.45, 2.75) is 18.9 Å². The molecule has 1 atom stereocenters. The highest BCUT2D eigenvalue weighted by atomic mass is 16.5. The number of hydrogen-bond acceptors (Lipinski definition) is 5. The predicted octanol–water partition coefficient (Wildman–Crippen LogP) is 2.19. The van der Waals surface area contributed by atoms with E-state index in [1.807, 2.05) is 41.3 Å². The van der Waals surface area contributed by atoms with E-state index in [1.54, 1.807) is 17.2 Å². The van der Waals surface area contributed by atoms with Gasteiger partial charge in [0.05, 0.1) is 13.2 Å². The summed E-state index contributed by atoms with van der Waals surface area (Å²) in [7, 11) is 0. The second-order valence-corrected chi connectivity index (χ2v) is 6.82. The van der Waals surface area contributed by atoms with Crippen molar-refractivity contribution in [1.82, 2.24) is 9.88 Å². The monoisotopic (exact) mass is 381 g/mol. The molecule has 146 valence electrons. The van der Waals surface area contributed by atoms with Crippen LogP contribution in [0, 0.1) is 0 Å². The molecule has 1 aromatic heterocycles. The van der Waals surface area contributed by atoms with Crippen LogP contribution in [0.1, 0.15) is 24.5 Å². The molecule has 0 aliphatic carbocycles. The number of aromatic nitrogens is 1. The molecule has 1 fully saturated rings. The number of carbonyl (C=O) groups excluding carboxylic acids is 2. The van der Waals surface area contributed by atoms with Gasteiger partial charge in [0.2, 0.25) is 12.0 Å². The van der Waals surface area contributed by atoms with E-state index in [-0.39, 0.29) is 11.8 Å². The summed E-state index contributed by atoms with van der Waals surface area (Å²) in [5.41, 5.74) is 0.802. The molecular formula is C21H23N3O4. The van der Waals surface area contributed by atoms with E-state index in [0.29, 0.717) is 57.3 Å². The summed E-state index contributed by atoms with van der Waals surface area (Å²) in [5, 5.41) is 0. The van der Waals surface area contributed by atoms with Gasteiger partial charge in [0.25, 0.3) is 5.91 Å². The molecule has 0 radical (unpaired) electrons. The second-order valence-electron chi connectivity index (χ2n) is 6.82. The molecule has 0 saturated carbocycles. The van der Waals surface area contributed by atoms with Gasteiger partial charge in [-0.25, -0.2) is 4.98 Å².